The lowest BCUT2D eigenvalue weighted by molar-refractivity contribution is 0.0634. The van der Waals surface area contributed by atoms with Crippen molar-refractivity contribution in [1.82, 2.24) is 9.97 Å². The summed E-state index contributed by atoms with van der Waals surface area (Å²) in [5.74, 6) is 0.172. The molecule has 7 nitrogen and oxygen atoms in total. The largest absolute Gasteiger partial charge is 0.479 e. The van der Waals surface area contributed by atoms with E-state index in [2.05, 4.69) is 15.3 Å². The van der Waals surface area contributed by atoms with Crippen LogP contribution in [0.1, 0.15) is 20.8 Å². The fourth-order valence-electron chi connectivity index (χ4n) is 1.20. The Balaban J connectivity index is 3.02. The Kier molecular flexibility index (Phi) is 4.77. The first-order chi connectivity index (χ1) is 8.76. The molecule has 0 aliphatic heterocycles. The van der Waals surface area contributed by atoms with E-state index in [4.69, 9.17) is 25.8 Å². The molecule has 1 aromatic heterocycles. The van der Waals surface area contributed by atoms with E-state index in [1.54, 1.807) is 20.8 Å². The third kappa shape index (κ3) is 4.44. The predicted molar refractivity (Wildman–Crippen MR) is 70.0 cm³/mol. The van der Waals surface area contributed by atoms with Crippen molar-refractivity contribution in [3.05, 3.63) is 5.28 Å². The number of carbonyl (C=O) groups excluding carboxylic acids is 1. The van der Waals surface area contributed by atoms with Gasteiger partial charge in [0, 0.05) is 0 Å². The minimum absolute atomic E-state index is 0.0524. The van der Waals surface area contributed by atoms with E-state index in [0.29, 0.717) is 0 Å². The van der Waals surface area contributed by atoms with Gasteiger partial charge in [0.05, 0.1) is 14.2 Å². The van der Waals surface area contributed by atoms with Crippen LogP contribution in [-0.2, 0) is 4.74 Å². The molecule has 0 spiro atoms. The van der Waals surface area contributed by atoms with Crippen molar-refractivity contribution in [2.24, 2.45) is 0 Å². The first-order valence-electron chi connectivity index (χ1n) is 5.42. The molecule has 8 heteroatoms. The van der Waals surface area contributed by atoms with Gasteiger partial charge >= 0.3 is 6.09 Å². The van der Waals surface area contributed by atoms with Gasteiger partial charge in [-0.1, -0.05) is 0 Å². The lowest BCUT2D eigenvalue weighted by atomic mass is 10.2. The molecule has 19 heavy (non-hydrogen) atoms. The highest BCUT2D eigenvalue weighted by Crippen LogP contribution is 2.32. The Hall–Kier alpha value is -1.76. The second kappa shape index (κ2) is 5.92. The standard InChI is InChI=1S/C11H16ClN3O4/c1-11(2,3)19-10(16)13-6-7(17-4)14-9(12)15-8(6)18-5/h1-5H3,(H,13,16). The molecule has 0 fully saturated rings. The van der Waals surface area contributed by atoms with E-state index < -0.39 is 11.7 Å². The lowest BCUT2D eigenvalue weighted by Gasteiger charge is -2.20. The zero-order chi connectivity index (χ0) is 14.6. The van der Waals surface area contributed by atoms with Crippen molar-refractivity contribution in [3.63, 3.8) is 0 Å². The number of hydrogen-bond acceptors (Lipinski definition) is 6. The van der Waals surface area contributed by atoms with Gasteiger partial charge in [-0.3, -0.25) is 5.32 Å². The number of nitrogens with one attached hydrogen (secondary N) is 1. The fraction of sp³-hybridized carbons (Fsp3) is 0.545. The van der Waals surface area contributed by atoms with Gasteiger partial charge in [-0.25, -0.2) is 4.79 Å². The zero-order valence-corrected chi connectivity index (χ0v) is 12.2. The smallest absolute Gasteiger partial charge is 0.412 e. The third-order valence-electron chi connectivity index (χ3n) is 1.83. The molecular formula is C11H16ClN3O4. The van der Waals surface area contributed by atoms with Crippen LogP contribution in [0.5, 0.6) is 11.8 Å². The zero-order valence-electron chi connectivity index (χ0n) is 11.4. The minimum atomic E-state index is -0.671. The summed E-state index contributed by atoms with van der Waals surface area (Å²) in [5, 5.41) is 2.42. The molecule has 0 saturated carbocycles. The molecule has 0 atom stereocenters. The van der Waals surface area contributed by atoms with Gasteiger partial charge in [-0.05, 0) is 32.4 Å². The Bertz CT molecular complexity index is 448. The first-order valence-corrected chi connectivity index (χ1v) is 5.80. The Labute approximate surface area is 116 Å². The van der Waals surface area contributed by atoms with E-state index in [1.807, 2.05) is 0 Å². The summed E-state index contributed by atoms with van der Waals surface area (Å²) in [7, 11) is 2.77. The highest BCUT2D eigenvalue weighted by Gasteiger charge is 2.22. The quantitative estimate of drug-likeness (QED) is 0.861. The summed E-state index contributed by atoms with van der Waals surface area (Å²) in [6, 6.07) is 0. The molecule has 0 unspecified atom stereocenters. The number of ether oxygens (including phenoxy) is 3. The molecule has 106 valence electrons. The Morgan fingerprint density at radius 2 is 1.63 bits per heavy atom. The number of halogens is 1. The number of amides is 1. The molecule has 1 amide bonds. The molecule has 0 aliphatic rings. The van der Waals surface area contributed by atoms with Gasteiger partial charge in [-0.15, -0.1) is 0 Å². The van der Waals surface area contributed by atoms with Gasteiger partial charge in [0.2, 0.25) is 17.0 Å². The summed E-state index contributed by atoms with van der Waals surface area (Å²) < 4.78 is 15.1. The van der Waals surface area contributed by atoms with E-state index in [0.717, 1.165) is 0 Å². The van der Waals surface area contributed by atoms with Crippen LogP contribution in [0.3, 0.4) is 0 Å². The van der Waals surface area contributed by atoms with Gasteiger partial charge in [0.1, 0.15) is 5.60 Å². The van der Waals surface area contributed by atoms with Crippen molar-refractivity contribution in [1.29, 1.82) is 0 Å². The van der Waals surface area contributed by atoms with Crippen LogP contribution in [-0.4, -0.2) is 35.9 Å². The van der Waals surface area contributed by atoms with Crippen LogP contribution in [0, 0.1) is 0 Å². The number of hydrogen-bond donors (Lipinski definition) is 1. The molecular weight excluding hydrogens is 274 g/mol. The maximum atomic E-state index is 11.7. The topological polar surface area (TPSA) is 82.6 Å². The molecule has 1 heterocycles. The van der Waals surface area contributed by atoms with Crippen LogP contribution in [0.4, 0.5) is 10.5 Å². The summed E-state index contributed by atoms with van der Waals surface area (Å²) >= 11 is 5.70. The van der Waals surface area contributed by atoms with E-state index in [1.165, 1.54) is 14.2 Å². The number of rotatable bonds is 3. The summed E-state index contributed by atoms with van der Waals surface area (Å²) in [4.78, 5) is 19.4. The third-order valence-corrected chi connectivity index (χ3v) is 2.00. The van der Waals surface area contributed by atoms with Gasteiger partial charge in [-0.2, -0.15) is 9.97 Å². The predicted octanol–water partition coefficient (Wildman–Crippen LogP) is 2.49. The molecule has 1 aromatic rings. The van der Waals surface area contributed by atoms with Crippen molar-refractivity contribution in [3.8, 4) is 11.8 Å². The van der Waals surface area contributed by atoms with Crippen molar-refractivity contribution in [2.45, 2.75) is 26.4 Å². The van der Waals surface area contributed by atoms with E-state index >= 15 is 0 Å². The van der Waals surface area contributed by atoms with E-state index in [9.17, 15) is 4.79 Å². The first kappa shape index (κ1) is 15.3. The molecule has 0 bridgehead atoms. The molecule has 0 saturated heterocycles. The lowest BCUT2D eigenvalue weighted by Crippen LogP contribution is -2.27. The highest BCUT2D eigenvalue weighted by molar-refractivity contribution is 6.28. The SMILES string of the molecule is COc1nc(Cl)nc(OC)c1NC(=O)OC(C)(C)C. The maximum absolute atomic E-state index is 11.7. The Morgan fingerprint density at radius 1 is 1.16 bits per heavy atom. The number of anilines is 1. The van der Waals surface area contributed by atoms with Crippen molar-refractivity contribution >= 4 is 23.4 Å². The number of carbonyl (C=O) groups is 1. The minimum Gasteiger partial charge on any atom is -0.479 e. The van der Waals surface area contributed by atoms with Crippen molar-refractivity contribution in [2.75, 3.05) is 19.5 Å². The fourth-order valence-corrected chi connectivity index (χ4v) is 1.36. The van der Waals surface area contributed by atoms with Crippen LogP contribution in [0.15, 0.2) is 0 Å². The molecule has 1 rings (SSSR count). The molecule has 0 aliphatic carbocycles. The monoisotopic (exact) mass is 289 g/mol. The summed E-state index contributed by atoms with van der Waals surface area (Å²) in [6.45, 7) is 5.25. The highest BCUT2D eigenvalue weighted by atomic mass is 35.5. The van der Waals surface area contributed by atoms with Crippen molar-refractivity contribution < 1.29 is 19.0 Å². The molecule has 0 aromatic carbocycles. The average Bonchev–Trinajstić information content (AvgIpc) is 2.28. The molecule has 0 radical (unpaired) electrons. The number of methoxy groups -OCH3 is 2. The second-order valence-corrected chi connectivity index (χ2v) is 4.85. The Morgan fingerprint density at radius 3 is 2.00 bits per heavy atom. The van der Waals surface area contributed by atoms with Gasteiger partial charge < -0.3 is 14.2 Å². The summed E-state index contributed by atoms with van der Waals surface area (Å²) in [5.41, 5.74) is -0.471. The number of aromatic nitrogens is 2. The number of nitrogens with zero attached hydrogens (tertiary/aromatic N) is 2. The van der Waals surface area contributed by atoms with Crippen LogP contribution >= 0.6 is 11.6 Å². The van der Waals surface area contributed by atoms with Crippen LogP contribution < -0.4 is 14.8 Å². The van der Waals surface area contributed by atoms with Gasteiger partial charge in [0.25, 0.3) is 0 Å². The normalized spacial score (nSPS) is 10.8. The summed E-state index contributed by atoms with van der Waals surface area (Å²) in [6.07, 6.45) is -0.671. The van der Waals surface area contributed by atoms with Crippen LogP contribution in [0.25, 0.3) is 0 Å². The second-order valence-electron chi connectivity index (χ2n) is 4.51. The van der Waals surface area contributed by atoms with Gasteiger partial charge in [0.15, 0.2) is 5.69 Å². The maximum Gasteiger partial charge on any atom is 0.412 e. The average molecular weight is 290 g/mol. The van der Waals surface area contributed by atoms with E-state index in [-0.39, 0.29) is 22.7 Å². The van der Waals surface area contributed by atoms with Crippen LogP contribution in [0.2, 0.25) is 5.28 Å². The molecule has 1 N–H and O–H groups in total.